The van der Waals surface area contributed by atoms with E-state index in [4.69, 9.17) is 21.1 Å². The van der Waals surface area contributed by atoms with E-state index in [0.717, 1.165) is 0 Å². The third kappa shape index (κ3) is 4.19. The molecule has 3 amide bonds. The SMILES string of the molecule is COc1ccc(N2CC(NC(=O)NCCCl)CC2=O)cc1OC. The molecule has 0 saturated carbocycles. The van der Waals surface area contributed by atoms with Crippen LogP contribution in [0.1, 0.15) is 6.42 Å². The Labute approximate surface area is 139 Å². The second kappa shape index (κ2) is 7.92. The van der Waals surface area contributed by atoms with Crippen LogP contribution in [0.4, 0.5) is 10.5 Å². The first kappa shape index (κ1) is 17.2. The number of carbonyl (C=O) groups excluding carboxylic acids is 2. The van der Waals surface area contributed by atoms with Gasteiger partial charge in [-0.05, 0) is 12.1 Å². The van der Waals surface area contributed by atoms with Crippen molar-refractivity contribution in [1.82, 2.24) is 10.6 Å². The third-order valence-corrected chi connectivity index (χ3v) is 3.71. The van der Waals surface area contributed by atoms with Crippen molar-refractivity contribution >= 4 is 29.2 Å². The van der Waals surface area contributed by atoms with Crippen LogP contribution in [0.2, 0.25) is 0 Å². The summed E-state index contributed by atoms with van der Waals surface area (Å²) in [4.78, 5) is 25.5. The van der Waals surface area contributed by atoms with E-state index in [2.05, 4.69) is 10.6 Å². The van der Waals surface area contributed by atoms with E-state index < -0.39 is 0 Å². The highest BCUT2D eigenvalue weighted by Crippen LogP contribution is 2.33. The van der Waals surface area contributed by atoms with Gasteiger partial charge in [-0.2, -0.15) is 0 Å². The average Bonchev–Trinajstić information content (AvgIpc) is 2.92. The second-order valence-corrected chi connectivity index (χ2v) is 5.41. The highest BCUT2D eigenvalue weighted by Gasteiger charge is 2.32. The van der Waals surface area contributed by atoms with Crippen molar-refractivity contribution in [2.45, 2.75) is 12.5 Å². The van der Waals surface area contributed by atoms with Crippen LogP contribution < -0.4 is 25.0 Å². The fraction of sp³-hybridized carbons (Fsp3) is 0.467. The van der Waals surface area contributed by atoms with Gasteiger partial charge in [0.1, 0.15) is 0 Å². The summed E-state index contributed by atoms with van der Waals surface area (Å²) in [6.07, 6.45) is 0.253. The van der Waals surface area contributed by atoms with Crippen molar-refractivity contribution in [3.8, 4) is 11.5 Å². The number of ether oxygens (including phenoxy) is 2. The van der Waals surface area contributed by atoms with Crippen LogP contribution in [0.3, 0.4) is 0 Å². The number of nitrogens with one attached hydrogen (secondary N) is 2. The quantitative estimate of drug-likeness (QED) is 0.765. The molecular formula is C15H20ClN3O4. The predicted octanol–water partition coefficient (Wildman–Crippen LogP) is 1.35. The Balaban J connectivity index is 2.04. The van der Waals surface area contributed by atoms with Crippen molar-refractivity contribution < 1.29 is 19.1 Å². The van der Waals surface area contributed by atoms with E-state index in [-0.39, 0.29) is 24.4 Å². The molecule has 0 radical (unpaired) electrons. The predicted molar refractivity (Wildman–Crippen MR) is 87.6 cm³/mol. The number of amides is 3. The van der Waals surface area contributed by atoms with Crippen LogP contribution in [-0.2, 0) is 4.79 Å². The Bertz CT molecular complexity index is 582. The van der Waals surface area contributed by atoms with E-state index in [1.807, 2.05) is 0 Å². The van der Waals surface area contributed by atoms with E-state index in [1.54, 1.807) is 37.3 Å². The number of nitrogens with zero attached hydrogens (tertiary/aromatic N) is 1. The van der Waals surface area contributed by atoms with Gasteiger partial charge in [0.2, 0.25) is 5.91 Å². The Morgan fingerprint density at radius 1 is 1.35 bits per heavy atom. The van der Waals surface area contributed by atoms with Gasteiger partial charge in [-0.3, -0.25) is 4.79 Å². The largest absolute Gasteiger partial charge is 0.493 e. The van der Waals surface area contributed by atoms with Gasteiger partial charge < -0.3 is 25.0 Å². The minimum absolute atomic E-state index is 0.0557. The number of carbonyl (C=O) groups is 2. The van der Waals surface area contributed by atoms with Crippen molar-refractivity contribution in [3.63, 3.8) is 0 Å². The molecule has 1 aliphatic rings. The summed E-state index contributed by atoms with van der Waals surface area (Å²) >= 11 is 5.51. The molecule has 126 valence electrons. The lowest BCUT2D eigenvalue weighted by Gasteiger charge is -2.19. The summed E-state index contributed by atoms with van der Waals surface area (Å²) in [5.41, 5.74) is 0.707. The number of methoxy groups -OCH3 is 2. The number of urea groups is 1. The van der Waals surface area contributed by atoms with Crippen LogP contribution >= 0.6 is 11.6 Å². The zero-order valence-corrected chi connectivity index (χ0v) is 13.9. The molecule has 2 rings (SSSR count). The maximum atomic E-state index is 12.2. The number of alkyl halides is 1. The maximum absolute atomic E-state index is 12.2. The number of benzene rings is 1. The molecule has 1 fully saturated rings. The molecule has 1 aromatic carbocycles. The topological polar surface area (TPSA) is 79.9 Å². The normalized spacial score (nSPS) is 17.1. The number of rotatable bonds is 6. The van der Waals surface area contributed by atoms with Crippen molar-refractivity contribution in [2.75, 3.05) is 38.1 Å². The Kier molecular flexibility index (Phi) is 5.92. The summed E-state index contributed by atoms with van der Waals surface area (Å²) in [5.74, 6) is 1.43. The Morgan fingerprint density at radius 3 is 2.74 bits per heavy atom. The van der Waals surface area contributed by atoms with E-state index >= 15 is 0 Å². The summed E-state index contributed by atoms with van der Waals surface area (Å²) < 4.78 is 10.4. The lowest BCUT2D eigenvalue weighted by Crippen LogP contribution is -2.43. The summed E-state index contributed by atoms with van der Waals surface area (Å²) in [7, 11) is 3.09. The molecule has 0 aliphatic carbocycles. The molecule has 1 unspecified atom stereocenters. The zero-order chi connectivity index (χ0) is 16.8. The van der Waals surface area contributed by atoms with Crippen LogP contribution in [0.25, 0.3) is 0 Å². The molecule has 23 heavy (non-hydrogen) atoms. The first-order chi connectivity index (χ1) is 11.1. The first-order valence-corrected chi connectivity index (χ1v) is 7.75. The van der Waals surface area contributed by atoms with Crippen molar-refractivity contribution in [2.24, 2.45) is 0 Å². The molecule has 1 atom stereocenters. The molecule has 0 aromatic heterocycles. The third-order valence-electron chi connectivity index (χ3n) is 3.52. The fourth-order valence-electron chi connectivity index (χ4n) is 2.44. The van der Waals surface area contributed by atoms with Gasteiger partial charge >= 0.3 is 6.03 Å². The summed E-state index contributed by atoms with van der Waals surface area (Å²) in [5, 5.41) is 5.38. The summed E-state index contributed by atoms with van der Waals surface area (Å²) in [6, 6.07) is 4.71. The lowest BCUT2D eigenvalue weighted by atomic mass is 10.2. The Morgan fingerprint density at radius 2 is 2.09 bits per heavy atom. The van der Waals surface area contributed by atoms with Crippen LogP contribution in [-0.4, -0.2) is 51.2 Å². The molecule has 1 heterocycles. The van der Waals surface area contributed by atoms with Gasteiger partial charge in [-0.1, -0.05) is 0 Å². The molecule has 7 nitrogen and oxygen atoms in total. The highest BCUT2D eigenvalue weighted by molar-refractivity contribution is 6.18. The lowest BCUT2D eigenvalue weighted by molar-refractivity contribution is -0.117. The molecule has 1 aromatic rings. The minimum atomic E-state index is -0.322. The van der Waals surface area contributed by atoms with Gasteiger partial charge in [0.25, 0.3) is 0 Å². The van der Waals surface area contributed by atoms with Gasteiger partial charge in [-0.25, -0.2) is 4.79 Å². The molecule has 8 heteroatoms. The van der Waals surface area contributed by atoms with Crippen molar-refractivity contribution in [3.05, 3.63) is 18.2 Å². The van der Waals surface area contributed by atoms with E-state index in [9.17, 15) is 9.59 Å². The standard InChI is InChI=1S/C15H20ClN3O4/c1-22-12-4-3-11(8-13(12)23-2)19-9-10(7-14(19)20)18-15(21)17-6-5-16/h3-4,8,10H,5-7,9H2,1-2H3,(H2,17,18,21). The van der Waals surface area contributed by atoms with Gasteiger partial charge in [-0.15, -0.1) is 11.6 Å². The Hall–Kier alpha value is -2.15. The molecule has 0 spiro atoms. The number of halogens is 1. The van der Waals surface area contributed by atoms with Crippen molar-refractivity contribution in [1.29, 1.82) is 0 Å². The minimum Gasteiger partial charge on any atom is -0.493 e. The van der Waals surface area contributed by atoms with Crippen LogP contribution in [0, 0.1) is 0 Å². The maximum Gasteiger partial charge on any atom is 0.315 e. The van der Waals surface area contributed by atoms with E-state index in [0.29, 0.717) is 36.2 Å². The molecular weight excluding hydrogens is 322 g/mol. The number of hydrogen-bond donors (Lipinski definition) is 2. The van der Waals surface area contributed by atoms with E-state index in [1.165, 1.54) is 0 Å². The number of hydrogen-bond acceptors (Lipinski definition) is 4. The monoisotopic (exact) mass is 341 g/mol. The fourth-order valence-corrected chi connectivity index (χ4v) is 2.54. The number of anilines is 1. The van der Waals surface area contributed by atoms with Gasteiger partial charge in [0, 0.05) is 37.1 Å². The molecule has 1 saturated heterocycles. The molecule has 1 aliphatic heterocycles. The first-order valence-electron chi connectivity index (χ1n) is 7.21. The molecule has 0 bridgehead atoms. The van der Waals surface area contributed by atoms with Crippen LogP contribution in [0.5, 0.6) is 11.5 Å². The average molecular weight is 342 g/mol. The second-order valence-electron chi connectivity index (χ2n) is 5.03. The molecule has 2 N–H and O–H groups in total. The van der Waals surface area contributed by atoms with Gasteiger partial charge in [0.05, 0.1) is 20.3 Å². The summed E-state index contributed by atoms with van der Waals surface area (Å²) in [6.45, 7) is 0.788. The highest BCUT2D eigenvalue weighted by atomic mass is 35.5. The van der Waals surface area contributed by atoms with Gasteiger partial charge in [0.15, 0.2) is 11.5 Å². The zero-order valence-electron chi connectivity index (χ0n) is 13.1. The van der Waals surface area contributed by atoms with Crippen LogP contribution in [0.15, 0.2) is 18.2 Å². The smallest absolute Gasteiger partial charge is 0.315 e.